The first-order valence-electron chi connectivity index (χ1n) is 13.4. The van der Waals surface area contributed by atoms with Crippen LogP contribution in [0.5, 0.6) is 11.5 Å². The van der Waals surface area contributed by atoms with Gasteiger partial charge in [0, 0.05) is 59.0 Å². The lowest BCUT2D eigenvalue weighted by Gasteiger charge is -2.16. The molecule has 0 radical (unpaired) electrons. The molecule has 2 aliphatic rings. The van der Waals surface area contributed by atoms with Crippen LogP contribution < -0.4 is 10.1 Å². The number of carbonyl (C=O) groups is 2. The summed E-state index contributed by atoms with van der Waals surface area (Å²) in [6, 6.07) is 12.4. The Labute approximate surface area is 248 Å². The van der Waals surface area contributed by atoms with E-state index in [0.717, 1.165) is 28.6 Å². The van der Waals surface area contributed by atoms with Crippen molar-refractivity contribution in [2.75, 3.05) is 18.5 Å². The van der Waals surface area contributed by atoms with Crippen molar-refractivity contribution in [2.24, 2.45) is 5.41 Å². The minimum atomic E-state index is -1.41. The summed E-state index contributed by atoms with van der Waals surface area (Å²) in [5.74, 6) is -2.17. The van der Waals surface area contributed by atoms with Crippen LogP contribution in [0.2, 0.25) is 0 Å². The number of nitrogens with one attached hydrogen (secondary N) is 2. The first-order chi connectivity index (χ1) is 20.8. The molecule has 0 saturated heterocycles. The number of aliphatic hydroxyl groups is 1. The van der Waals surface area contributed by atoms with Crippen molar-refractivity contribution in [3.8, 4) is 11.5 Å². The number of hydrogen-bond acceptors (Lipinski definition) is 8. The van der Waals surface area contributed by atoms with E-state index in [0.29, 0.717) is 22.5 Å². The number of aliphatic hydroxyl groups excluding tert-OH is 1. The van der Waals surface area contributed by atoms with Gasteiger partial charge in [0.2, 0.25) is 5.91 Å². The van der Waals surface area contributed by atoms with Crippen molar-refractivity contribution in [1.82, 2.24) is 9.88 Å². The van der Waals surface area contributed by atoms with Crippen LogP contribution in [-0.2, 0) is 9.59 Å². The Morgan fingerprint density at radius 3 is 2.63 bits per heavy atom. The molecule has 2 aromatic heterocycles. The number of ether oxygens (including phenoxy) is 1. The summed E-state index contributed by atoms with van der Waals surface area (Å²) in [6.07, 6.45) is 7.56. The molecule has 4 aromatic rings. The van der Waals surface area contributed by atoms with Crippen molar-refractivity contribution < 1.29 is 28.2 Å². The minimum absolute atomic E-state index is 0.00316. The van der Waals surface area contributed by atoms with Crippen LogP contribution >= 0.6 is 11.3 Å². The summed E-state index contributed by atoms with van der Waals surface area (Å²) < 4.78 is 35.1. The lowest BCUT2D eigenvalue weighted by molar-refractivity contribution is -0.129. The molecule has 0 atom stereocenters. The van der Waals surface area contributed by atoms with E-state index in [4.69, 9.17) is 10.1 Å². The first-order valence-corrected chi connectivity index (χ1v) is 14.2. The van der Waals surface area contributed by atoms with E-state index in [1.807, 2.05) is 23.2 Å². The van der Waals surface area contributed by atoms with Crippen LogP contribution in [0.3, 0.4) is 0 Å². The highest BCUT2D eigenvalue weighted by Gasteiger charge is 2.57. The van der Waals surface area contributed by atoms with Crippen LogP contribution in [0.1, 0.15) is 23.3 Å². The van der Waals surface area contributed by atoms with Crippen LogP contribution in [0, 0.1) is 22.5 Å². The van der Waals surface area contributed by atoms with Gasteiger partial charge in [-0.3, -0.25) is 20.0 Å². The summed E-state index contributed by atoms with van der Waals surface area (Å²) >= 11 is 1.42. The fourth-order valence-corrected chi connectivity index (χ4v) is 5.74. The second-order valence-corrected chi connectivity index (χ2v) is 11.2. The molecule has 0 spiro atoms. The van der Waals surface area contributed by atoms with Gasteiger partial charge in [-0.05, 0) is 61.4 Å². The number of pyridine rings is 1. The third kappa shape index (κ3) is 5.61. The molecule has 6 rings (SSSR count). The van der Waals surface area contributed by atoms with Crippen LogP contribution in [0.15, 0.2) is 85.0 Å². The van der Waals surface area contributed by atoms with Gasteiger partial charge >= 0.3 is 0 Å². The number of β-amino-alcohol motifs (C(OH)–C–C–N with tert-alkyl or cyclic N) is 1. The maximum absolute atomic E-state index is 15.2. The SMILES string of the molecule is N=C(C(=O)C1(C(=O)Nc2ccc(Oc3ccnc4cc(C5=CN(CCO)C=C=C5)sc34)c(F)c2)CC1)c1ccc(F)cc1. The van der Waals surface area contributed by atoms with Gasteiger partial charge in [-0.1, -0.05) is 0 Å². The van der Waals surface area contributed by atoms with Gasteiger partial charge in [0.1, 0.15) is 22.7 Å². The van der Waals surface area contributed by atoms with Crippen molar-refractivity contribution >= 4 is 50.2 Å². The van der Waals surface area contributed by atoms with Crippen molar-refractivity contribution in [3.05, 3.63) is 107 Å². The van der Waals surface area contributed by atoms with Crippen molar-refractivity contribution in [1.29, 1.82) is 5.41 Å². The van der Waals surface area contributed by atoms with Gasteiger partial charge in [-0.25, -0.2) is 8.78 Å². The van der Waals surface area contributed by atoms with Gasteiger partial charge < -0.3 is 20.1 Å². The molecular formula is C32H24F2N4O4S. The number of ketones is 1. The molecule has 0 unspecified atom stereocenters. The zero-order valence-corrected chi connectivity index (χ0v) is 23.4. The molecule has 1 amide bonds. The van der Waals surface area contributed by atoms with Crippen LogP contribution in [0.4, 0.5) is 14.5 Å². The van der Waals surface area contributed by atoms with Gasteiger partial charge in [0.15, 0.2) is 17.3 Å². The fraction of sp³-hybridized carbons (Fsp3) is 0.156. The number of aromatic nitrogens is 1. The smallest absolute Gasteiger partial charge is 0.238 e. The molecule has 8 nitrogen and oxygen atoms in total. The highest BCUT2D eigenvalue weighted by Crippen LogP contribution is 2.48. The third-order valence-electron chi connectivity index (χ3n) is 7.19. The molecule has 216 valence electrons. The quantitative estimate of drug-likeness (QED) is 0.117. The Morgan fingerprint density at radius 2 is 1.91 bits per heavy atom. The zero-order chi connectivity index (χ0) is 30.1. The summed E-state index contributed by atoms with van der Waals surface area (Å²) in [4.78, 5) is 33.2. The van der Waals surface area contributed by atoms with E-state index >= 15 is 4.39 Å². The number of hydrogen-bond donors (Lipinski definition) is 3. The van der Waals surface area contributed by atoms with Crippen molar-refractivity contribution in [3.63, 3.8) is 0 Å². The maximum atomic E-state index is 15.2. The molecule has 3 heterocycles. The van der Waals surface area contributed by atoms with E-state index in [2.05, 4.69) is 16.0 Å². The number of amides is 1. The van der Waals surface area contributed by atoms with E-state index in [-0.39, 0.29) is 42.2 Å². The molecule has 1 fully saturated rings. The number of carbonyl (C=O) groups excluding carboxylic acids is 2. The normalized spacial score (nSPS) is 14.9. The zero-order valence-electron chi connectivity index (χ0n) is 22.6. The van der Waals surface area contributed by atoms with E-state index in [9.17, 15) is 19.1 Å². The number of halogens is 2. The number of benzene rings is 2. The average Bonchev–Trinajstić information content (AvgIpc) is 3.70. The summed E-state index contributed by atoms with van der Waals surface area (Å²) in [6.45, 7) is 0.442. The van der Waals surface area contributed by atoms with Crippen LogP contribution in [-0.4, -0.2) is 45.5 Å². The lowest BCUT2D eigenvalue weighted by atomic mass is 9.92. The molecule has 1 aliphatic carbocycles. The number of rotatable bonds is 10. The minimum Gasteiger partial charge on any atom is -0.453 e. The third-order valence-corrected chi connectivity index (χ3v) is 8.38. The van der Waals surface area contributed by atoms with E-state index in [1.165, 1.54) is 35.6 Å². The fourth-order valence-electron chi connectivity index (χ4n) is 4.69. The molecular weight excluding hydrogens is 574 g/mol. The Hall–Kier alpha value is -4.96. The Bertz CT molecular complexity index is 1870. The topological polar surface area (TPSA) is 116 Å². The second kappa shape index (κ2) is 11.4. The molecule has 3 N–H and O–H groups in total. The predicted molar refractivity (Wildman–Crippen MR) is 159 cm³/mol. The lowest BCUT2D eigenvalue weighted by Crippen LogP contribution is -2.36. The average molecular weight is 599 g/mol. The van der Waals surface area contributed by atoms with E-state index in [1.54, 1.807) is 18.5 Å². The van der Waals surface area contributed by atoms with Gasteiger partial charge in [-0.15, -0.1) is 17.1 Å². The number of fused-ring (bicyclic) bond motifs is 1. The Kier molecular flexibility index (Phi) is 7.45. The Balaban J connectivity index is 1.17. The van der Waals surface area contributed by atoms with Gasteiger partial charge in [0.05, 0.1) is 16.8 Å². The maximum Gasteiger partial charge on any atom is 0.238 e. The van der Waals surface area contributed by atoms with E-state index < -0.39 is 28.7 Å². The number of nitrogens with zero attached hydrogens (tertiary/aromatic N) is 2. The van der Waals surface area contributed by atoms with Crippen LogP contribution in [0.25, 0.3) is 15.8 Å². The monoisotopic (exact) mass is 598 g/mol. The molecule has 1 aliphatic heterocycles. The highest BCUT2D eigenvalue weighted by atomic mass is 32.1. The van der Waals surface area contributed by atoms with Gasteiger partial charge in [-0.2, -0.15) is 0 Å². The largest absolute Gasteiger partial charge is 0.453 e. The number of anilines is 1. The first kappa shape index (κ1) is 28.2. The Morgan fingerprint density at radius 1 is 1.12 bits per heavy atom. The number of allylic oxidation sites excluding steroid dienone is 2. The molecule has 0 bridgehead atoms. The predicted octanol–water partition coefficient (Wildman–Crippen LogP) is 6.04. The number of Topliss-reactive ketones (excluding diaryl/α,β-unsaturated/α-hetero) is 1. The summed E-state index contributed by atoms with van der Waals surface area (Å²) in [5.41, 5.74) is 3.18. The van der Waals surface area contributed by atoms with Gasteiger partial charge in [0.25, 0.3) is 0 Å². The molecule has 1 saturated carbocycles. The number of thiophene rings is 1. The highest BCUT2D eigenvalue weighted by molar-refractivity contribution is 7.20. The summed E-state index contributed by atoms with van der Waals surface area (Å²) in [5, 5.41) is 20.1. The standard InChI is InChI=1S/C32H24F2N4O4S/c33-21-5-3-19(4-6-21)28(35)30(40)32(10-11-32)31(41)37-22-7-8-25(23(34)16-22)42-26-9-12-36-24-17-27(43-29(24)26)20-2-1-13-38(18-20)14-15-39/h2-9,12-13,16-18,35,39H,10-11,14-15H2,(H,37,41). The summed E-state index contributed by atoms with van der Waals surface area (Å²) in [7, 11) is 0. The van der Waals surface area contributed by atoms with Crippen molar-refractivity contribution in [2.45, 2.75) is 12.8 Å². The molecule has 2 aromatic carbocycles. The molecule has 11 heteroatoms. The molecule has 43 heavy (non-hydrogen) atoms. The second-order valence-electron chi connectivity index (χ2n) is 10.1.